The van der Waals surface area contributed by atoms with E-state index < -0.39 is 34.7 Å². The number of ether oxygens (including phenoxy) is 3. The van der Waals surface area contributed by atoms with Gasteiger partial charge in [0.15, 0.2) is 0 Å². The average Bonchev–Trinajstić information content (AvgIpc) is 3.53. The minimum absolute atomic E-state index is 0.0596. The minimum Gasteiger partial charge on any atom is -0.459 e. The van der Waals surface area contributed by atoms with Crippen molar-refractivity contribution in [1.82, 2.24) is 9.80 Å². The van der Waals surface area contributed by atoms with Gasteiger partial charge in [0.05, 0.1) is 11.5 Å². The van der Waals surface area contributed by atoms with Crippen LogP contribution >= 0.6 is 0 Å². The standard InChI is InChI=1S/C35H37N3O8/c1-35(2,3)46-33(40)36(22-26-21-25-9-4-5-10-28(25)30-12-7-6-11-29(26)30)19-20-44-34(41)37-18-8-13-31(37)32(39)45-23-24-14-16-27(17-15-24)38(42)43/h4-7,9-12,14-17,21,31H,8,13,18-20,22-23H2,1-3H3. The van der Waals surface area contributed by atoms with Crippen LogP contribution in [0.2, 0.25) is 0 Å². The van der Waals surface area contributed by atoms with Gasteiger partial charge in [-0.05, 0) is 84.5 Å². The van der Waals surface area contributed by atoms with Crippen LogP contribution in [-0.4, -0.2) is 64.2 Å². The fraction of sp³-hybridized carbons (Fsp3) is 0.343. The van der Waals surface area contributed by atoms with Gasteiger partial charge in [-0.1, -0.05) is 48.5 Å². The number of carbonyl (C=O) groups excluding carboxylic acids is 3. The quantitative estimate of drug-likeness (QED) is 0.0639. The largest absolute Gasteiger partial charge is 0.459 e. The Bertz CT molecular complexity index is 1750. The van der Waals surface area contributed by atoms with Gasteiger partial charge >= 0.3 is 18.2 Å². The first-order chi connectivity index (χ1) is 22.0. The molecule has 11 heteroatoms. The van der Waals surface area contributed by atoms with Crippen molar-refractivity contribution in [3.63, 3.8) is 0 Å². The Balaban J connectivity index is 1.24. The monoisotopic (exact) mass is 627 g/mol. The Kier molecular flexibility index (Phi) is 9.69. The molecule has 0 bridgehead atoms. The van der Waals surface area contributed by atoms with E-state index in [1.807, 2.05) is 36.4 Å². The summed E-state index contributed by atoms with van der Waals surface area (Å²) in [6, 6.07) is 23.1. The molecule has 1 unspecified atom stereocenters. The lowest BCUT2D eigenvalue weighted by atomic mass is 9.97. The predicted molar refractivity (Wildman–Crippen MR) is 172 cm³/mol. The first-order valence-corrected chi connectivity index (χ1v) is 15.2. The Hall–Kier alpha value is -5.19. The molecule has 46 heavy (non-hydrogen) atoms. The number of nitro benzene ring substituents is 1. The molecule has 1 aliphatic rings. The molecule has 0 aromatic heterocycles. The van der Waals surface area contributed by atoms with E-state index in [1.165, 1.54) is 34.1 Å². The summed E-state index contributed by atoms with van der Waals surface area (Å²) in [5.74, 6) is -0.577. The van der Waals surface area contributed by atoms with Crippen LogP contribution in [0, 0.1) is 10.1 Å². The zero-order valence-corrected chi connectivity index (χ0v) is 26.1. The maximum atomic E-state index is 13.3. The summed E-state index contributed by atoms with van der Waals surface area (Å²) >= 11 is 0. The van der Waals surface area contributed by atoms with Gasteiger partial charge in [-0.25, -0.2) is 14.4 Å². The van der Waals surface area contributed by atoms with Crippen LogP contribution in [0.1, 0.15) is 44.7 Å². The molecular formula is C35H37N3O8. The van der Waals surface area contributed by atoms with Crippen LogP contribution in [0.15, 0.2) is 78.9 Å². The average molecular weight is 628 g/mol. The number of benzene rings is 4. The van der Waals surface area contributed by atoms with Crippen LogP contribution in [0.25, 0.3) is 21.5 Å². The Labute approximate surface area is 266 Å². The topological polar surface area (TPSA) is 129 Å². The van der Waals surface area contributed by atoms with Gasteiger partial charge < -0.3 is 19.1 Å². The molecule has 1 heterocycles. The van der Waals surface area contributed by atoms with E-state index in [4.69, 9.17) is 14.2 Å². The number of carbonyl (C=O) groups is 3. The second kappa shape index (κ2) is 13.8. The van der Waals surface area contributed by atoms with Crippen LogP contribution in [0.5, 0.6) is 0 Å². The summed E-state index contributed by atoms with van der Waals surface area (Å²) < 4.78 is 16.7. The molecule has 1 saturated heterocycles. The highest BCUT2D eigenvalue weighted by atomic mass is 16.6. The number of hydrogen-bond donors (Lipinski definition) is 0. The fourth-order valence-electron chi connectivity index (χ4n) is 5.55. The van der Waals surface area contributed by atoms with Crippen LogP contribution in [0.3, 0.4) is 0 Å². The molecule has 0 spiro atoms. The maximum absolute atomic E-state index is 13.3. The Morgan fingerprint density at radius 3 is 2.30 bits per heavy atom. The van der Waals surface area contributed by atoms with Crippen molar-refractivity contribution in [2.24, 2.45) is 0 Å². The van der Waals surface area contributed by atoms with Crippen molar-refractivity contribution in [3.05, 3.63) is 100 Å². The SMILES string of the molecule is CC(C)(C)OC(=O)N(CCOC(=O)N1CCCC1C(=O)OCc1ccc([N+](=O)[O-])cc1)Cc1cc2ccccc2c2ccccc12. The van der Waals surface area contributed by atoms with Crippen molar-refractivity contribution < 1.29 is 33.5 Å². The van der Waals surface area contributed by atoms with Crippen molar-refractivity contribution in [2.45, 2.75) is 58.4 Å². The van der Waals surface area contributed by atoms with Gasteiger partial charge in [-0.3, -0.25) is 15.0 Å². The molecule has 2 amide bonds. The second-order valence-corrected chi connectivity index (χ2v) is 12.2. The normalized spacial score (nSPS) is 14.7. The van der Waals surface area contributed by atoms with Crippen molar-refractivity contribution >= 4 is 45.4 Å². The number of rotatable bonds is 9. The lowest BCUT2D eigenvalue weighted by molar-refractivity contribution is -0.384. The molecule has 1 aliphatic heterocycles. The molecule has 5 rings (SSSR count). The van der Waals surface area contributed by atoms with Crippen LogP contribution in [-0.2, 0) is 32.2 Å². The van der Waals surface area contributed by atoms with E-state index >= 15 is 0 Å². The van der Waals surface area contributed by atoms with Gasteiger partial charge in [0, 0.05) is 25.2 Å². The Morgan fingerprint density at radius 2 is 1.61 bits per heavy atom. The van der Waals surface area contributed by atoms with Gasteiger partial charge in [0.1, 0.15) is 24.9 Å². The molecule has 1 atom stereocenters. The lowest BCUT2D eigenvalue weighted by Crippen LogP contribution is -2.43. The van der Waals surface area contributed by atoms with Gasteiger partial charge in [0.2, 0.25) is 0 Å². The second-order valence-electron chi connectivity index (χ2n) is 12.2. The summed E-state index contributed by atoms with van der Waals surface area (Å²) in [6.07, 6.45) is -0.177. The number of hydrogen-bond acceptors (Lipinski definition) is 8. The number of fused-ring (bicyclic) bond motifs is 3. The summed E-state index contributed by atoms with van der Waals surface area (Å²) in [7, 11) is 0. The van der Waals surface area contributed by atoms with Gasteiger partial charge in [-0.2, -0.15) is 0 Å². The highest BCUT2D eigenvalue weighted by Crippen LogP contribution is 2.30. The number of nitrogens with zero attached hydrogens (tertiary/aromatic N) is 3. The zero-order chi connectivity index (χ0) is 32.8. The summed E-state index contributed by atoms with van der Waals surface area (Å²) in [4.78, 5) is 52.5. The maximum Gasteiger partial charge on any atom is 0.410 e. The molecule has 1 fully saturated rings. The Morgan fingerprint density at radius 1 is 0.935 bits per heavy atom. The fourth-order valence-corrected chi connectivity index (χ4v) is 5.55. The van der Waals surface area contributed by atoms with E-state index in [9.17, 15) is 24.5 Å². The van der Waals surface area contributed by atoms with E-state index in [1.54, 1.807) is 20.8 Å². The first-order valence-electron chi connectivity index (χ1n) is 15.2. The molecule has 0 saturated carbocycles. The highest BCUT2D eigenvalue weighted by molar-refractivity contribution is 6.09. The molecule has 0 aliphatic carbocycles. The molecule has 4 aromatic rings. The smallest absolute Gasteiger partial charge is 0.410 e. The van der Waals surface area contributed by atoms with E-state index in [2.05, 4.69) is 18.2 Å². The summed E-state index contributed by atoms with van der Waals surface area (Å²) in [5.41, 5.74) is 0.736. The third-order valence-corrected chi connectivity index (χ3v) is 7.74. The number of non-ortho nitro benzene ring substituents is 1. The molecule has 4 aromatic carbocycles. The molecule has 0 N–H and O–H groups in total. The number of esters is 1. The van der Waals surface area contributed by atoms with Gasteiger partial charge in [0.25, 0.3) is 5.69 Å². The molecule has 240 valence electrons. The summed E-state index contributed by atoms with van der Waals surface area (Å²) in [6.45, 7) is 5.84. The first kappa shape index (κ1) is 32.2. The third kappa shape index (κ3) is 7.71. The van der Waals surface area contributed by atoms with Gasteiger partial charge in [-0.15, -0.1) is 0 Å². The van der Waals surface area contributed by atoms with Crippen LogP contribution in [0.4, 0.5) is 15.3 Å². The lowest BCUT2D eigenvalue weighted by Gasteiger charge is -2.28. The number of amides is 2. The van der Waals surface area contributed by atoms with E-state index in [0.29, 0.717) is 24.9 Å². The van der Waals surface area contributed by atoms with Crippen molar-refractivity contribution in [2.75, 3.05) is 19.7 Å². The van der Waals surface area contributed by atoms with E-state index in [0.717, 1.165) is 27.1 Å². The zero-order valence-electron chi connectivity index (χ0n) is 26.1. The predicted octanol–water partition coefficient (Wildman–Crippen LogP) is 6.98. The molecule has 11 nitrogen and oxygen atoms in total. The number of nitro groups is 1. The third-order valence-electron chi connectivity index (χ3n) is 7.74. The minimum atomic E-state index is -0.809. The number of likely N-dealkylation sites (tertiary alicyclic amines) is 1. The van der Waals surface area contributed by atoms with Crippen molar-refractivity contribution in [3.8, 4) is 0 Å². The van der Waals surface area contributed by atoms with Crippen LogP contribution < -0.4 is 0 Å². The van der Waals surface area contributed by atoms with Crippen molar-refractivity contribution in [1.29, 1.82) is 0 Å². The summed E-state index contributed by atoms with van der Waals surface area (Å²) in [5, 5.41) is 15.1. The highest BCUT2D eigenvalue weighted by Gasteiger charge is 2.36. The molecule has 0 radical (unpaired) electrons. The molecular weight excluding hydrogens is 590 g/mol. The van der Waals surface area contributed by atoms with E-state index in [-0.39, 0.29) is 32.0 Å².